The van der Waals surface area contributed by atoms with Crippen molar-refractivity contribution in [3.63, 3.8) is 0 Å². The zero-order valence-electron chi connectivity index (χ0n) is 10.5. The van der Waals surface area contributed by atoms with Gasteiger partial charge in [0, 0.05) is 0 Å². The molecule has 0 saturated heterocycles. The molecule has 1 aliphatic rings. The van der Waals surface area contributed by atoms with E-state index in [1.165, 1.54) is 19.3 Å². The van der Waals surface area contributed by atoms with E-state index in [-0.39, 0.29) is 0 Å². The van der Waals surface area contributed by atoms with E-state index in [1.807, 2.05) is 0 Å². The van der Waals surface area contributed by atoms with Crippen LogP contribution in [-0.2, 0) is 0 Å². The average Bonchev–Trinajstić information content (AvgIpc) is 2.12. The predicted octanol–water partition coefficient (Wildman–Crippen LogP) is 4.66. The normalized spacial score (nSPS) is 37.6. The molecule has 0 bridgehead atoms. The highest BCUT2D eigenvalue weighted by molar-refractivity contribution is 4.94. The molecular formula is C14H26. The molecule has 1 rings (SSSR count). The molecule has 3 unspecified atom stereocenters. The Kier molecular flexibility index (Phi) is 3.80. The fourth-order valence-corrected chi connectivity index (χ4v) is 3.00. The first-order valence-corrected chi connectivity index (χ1v) is 6.11. The Balaban J connectivity index is 2.74. The van der Waals surface area contributed by atoms with E-state index >= 15 is 0 Å². The predicted molar refractivity (Wildman–Crippen MR) is 64.3 cm³/mol. The number of rotatable bonds is 2. The van der Waals surface area contributed by atoms with Crippen LogP contribution < -0.4 is 0 Å². The smallest absolute Gasteiger partial charge is 0.0295 e. The molecule has 0 heteroatoms. The molecule has 3 atom stereocenters. The monoisotopic (exact) mass is 194 g/mol. The van der Waals surface area contributed by atoms with Crippen molar-refractivity contribution in [3.05, 3.63) is 12.2 Å². The van der Waals surface area contributed by atoms with Crippen molar-refractivity contribution in [2.45, 2.75) is 53.9 Å². The first kappa shape index (κ1) is 11.8. The molecule has 0 nitrogen and oxygen atoms in total. The van der Waals surface area contributed by atoms with Gasteiger partial charge < -0.3 is 0 Å². The molecule has 0 aliphatic heterocycles. The molecule has 0 aromatic heterocycles. The number of hydrogen-bond donors (Lipinski definition) is 0. The maximum atomic E-state index is 2.46. The Morgan fingerprint density at radius 3 is 2.43 bits per heavy atom. The minimum atomic E-state index is 0.525. The van der Waals surface area contributed by atoms with Crippen molar-refractivity contribution >= 4 is 0 Å². The van der Waals surface area contributed by atoms with Crippen LogP contribution in [-0.4, -0.2) is 0 Å². The number of allylic oxidation sites excluding steroid dienone is 2. The molecule has 0 radical (unpaired) electrons. The van der Waals surface area contributed by atoms with Crippen LogP contribution in [0, 0.1) is 23.2 Å². The van der Waals surface area contributed by atoms with Crippen molar-refractivity contribution in [2.24, 2.45) is 23.2 Å². The second-order valence-electron chi connectivity index (χ2n) is 5.69. The molecule has 0 amide bonds. The molecule has 0 aromatic rings. The van der Waals surface area contributed by atoms with Crippen LogP contribution in [0.25, 0.3) is 0 Å². The minimum absolute atomic E-state index is 0.525. The third-order valence-corrected chi connectivity index (χ3v) is 4.59. The Bertz CT molecular complexity index is 200. The van der Waals surface area contributed by atoms with Crippen molar-refractivity contribution in [1.82, 2.24) is 0 Å². The fourth-order valence-electron chi connectivity index (χ4n) is 3.00. The van der Waals surface area contributed by atoms with E-state index in [9.17, 15) is 0 Å². The Morgan fingerprint density at radius 1 is 1.21 bits per heavy atom. The lowest BCUT2D eigenvalue weighted by Crippen LogP contribution is -2.39. The molecule has 0 spiro atoms. The average molecular weight is 194 g/mol. The van der Waals surface area contributed by atoms with Gasteiger partial charge in [-0.15, -0.1) is 0 Å². The van der Waals surface area contributed by atoms with E-state index in [1.54, 1.807) is 0 Å². The van der Waals surface area contributed by atoms with Gasteiger partial charge in [-0.2, -0.15) is 0 Å². The second-order valence-corrected chi connectivity index (χ2v) is 5.69. The highest BCUT2D eigenvalue weighted by Gasteiger charge is 2.40. The van der Waals surface area contributed by atoms with Gasteiger partial charge in [0.05, 0.1) is 0 Å². The van der Waals surface area contributed by atoms with Crippen LogP contribution in [0.4, 0.5) is 0 Å². The van der Waals surface area contributed by atoms with Crippen LogP contribution in [0.1, 0.15) is 53.9 Å². The van der Waals surface area contributed by atoms with Gasteiger partial charge in [0.1, 0.15) is 0 Å². The van der Waals surface area contributed by atoms with Gasteiger partial charge in [-0.3, -0.25) is 0 Å². The molecule has 0 heterocycles. The summed E-state index contributed by atoms with van der Waals surface area (Å²) in [6.07, 6.45) is 8.66. The SMILES string of the molecule is CC=CCC1C(C)CCC(C)C1(C)C. The van der Waals surface area contributed by atoms with Gasteiger partial charge >= 0.3 is 0 Å². The molecule has 14 heavy (non-hydrogen) atoms. The summed E-state index contributed by atoms with van der Waals surface area (Å²) in [5, 5.41) is 0. The van der Waals surface area contributed by atoms with Gasteiger partial charge in [-0.25, -0.2) is 0 Å². The maximum Gasteiger partial charge on any atom is -0.0295 e. The lowest BCUT2D eigenvalue weighted by Gasteiger charge is -2.47. The Morgan fingerprint density at radius 2 is 1.86 bits per heavy atom. The topological polar surface area (TPSA) is 0 Å². The van der Waals surface area contributed by atoms with Gasteiger partial charge in [-0.05, 0) is 42.9 Å². The van der Waals surface area contributed by atoms with E-state index in [0.717, 1.165) is 17.8 Å². The van der Waals surface area contributed by atoms with Gasteiger partial charge in [0.15, 0.2) is 0 Å². The highest BCUT2D eigenvalue weighted by atomic mass is 14.4. The maximum absolute atomic E-state index is 2.46. The standard InChI is InChI=1S/C14H26/c1-6-7-8-13-11(2)9-10-12(3)14(13,4)5/h6-7,11-13H,8-10H2,1-5H3. The van der Waals surface area contributed by atoms with Crippen LogP contribution in [0.2, 0.25) is 0 Å². The van der Waals surface area contributed by atoms with Crippen molar-refractivity contribution < 1.29 is 0 Å². The summed E-state index contributed by atoms with van der Waals surface area (Å²) >= 11 is 0. The third-order valence-electron chi connectivity index (χ3n) is 4.59. The Labute approximate surface area is 89.8 Å². The molecular weight excluding hydrogens is 168 g/mol. The molecule has 0 N–H and O–H groups in total. The lowest BCUT2D eigenvalue weighted by molar-refractivity contribution is 0.0300. The number of hydrogen-bond acceptors (Lipinski definition) is 0. The lowest BCUT2D eigenvalue weighted by atomic mass is 9.58. The van der Waals surface area contributed by atoms with Crippen molar-refractivity contribution in [1.29, 1.82) is 0 Å². The van der Waals surface area contributed by atoms with Crippen LogP contribution in [0.5, 0.6) is 0 Å². The summed E-state index contributed by atoms with van der Waals surface area (Å²) in [4.78, 5) is 0. The summed E-state index contributed by atoms with van der Waals surface area (Å²) in [6.45, 7) is 11.9. The summed E-state index contributed by atoms with van der Waals surface area (Å²) in [5.41, 5.74) is 0.525. The minimum Gasteiger partial charge on any atom is -0.0917 e. The summed E-state index contributed by atoms with van der Waals surface area (Å²) in [7, 11) is 0. The highest BCUT2D eigenvalue weighted by Crippen LogP contribution is 2.49. The fraction of sp³-hybridized carbons (Fsp3) is 0.857. The van der Waals surface area contributed by atoms with E-state index in [2.05, 4.69) is 46.8 Å². The largest absolute Gasteiger partial charge is 0.0917 e. The first-order valence-electron chi connectivity index (χ1n) is 6.11. The van der Waals surface area contributed by atoms with E-state index in [4.69, 9.17) is 0 Å². The third kappa shape index (κ3) is 2.21. The van der Waals surface area contributed by atoms with Gasteiger partial charge in [0.2, 0.25) is 0 Å². The summed E-state index contributed by atoms with van der Waals surface area (Å²) in [5.74, 6) is 2.66. The second kappa shape index (κ2) is 4.51. The van der Waals surface area contributed by atoms with Crippen molar-refractivity contribution in [2.75, 3.05) is 0 Å². The molecule has 1 aliphatic carbocycles. The van der Waals surface area contributed by atoms with E-state index < -0.39 is 0 Å². The van der Waals surface area contributed by atoms with Crippen molar-refractivity contribution in [3.8, 4) is 0 Å². The first-order chi connectivity index (χ1) is 6.50. The van der Waals surface area contributed by atoms with Crippen LogP contribution in [0.15, 0.2) is 12.2 Å². The quantitative estimate of drug-likeness (QED) is 0.561. The van der Waals surface area contributed by atoms with Gasteiger partial charge in [-0.1, -0.05) is 46.3 Å². The summed E-state index contributed by atoms with van der Waals surface area (Å²) < 4.78 is 0. The van der Waals surface area contributed by atoms with Crippen LogP contribution in [0.3, 0.4) is 0 Å². The van der Waals surface area contributed by atoms with Crippen LogP contribution >= 0.6 is 0 Å². The molecule has 1 saturated carbocycles. The van der Waals surface area contributed by atoms with E-state index in [0.29, 0.717) is 5.41 Å². The zero-order chi connectivity index (χ0) is 10.8. The summed E-state index contributed by atoms with van der Waals surface area (Å²) in [6, 6.07) is 0. The molecule has 1 fully saturated rings. The Hall–Kier alpha value is -0.260. The zero-order valence-corrected chi connectivity index (χ0v) is 10.5. The molecule has 0 aromatic carbocycles. The van der Waals surface area contributed by atoms with Gasteiger partial charge in [0.25, 0.3) is 0 Å². The molecule has 82 valence electrons.